The molecule has 0 heterocycles. The van der Waals surface area contributed by atoms with Crippen LogP contribution in [-0.4, -0.2) is 0 Å². The van der Waals surface area contributed by atoms with Crippen LogP contribution in [0.5, 0.6) is 0 Å². The summed E-state index contributed by atoms with van der Waals surface area (Å²) in [6.07, 6.45) is 2.10. The Balaban J connectivity index is 3.14. The smallest absolute Gasteiger partial charge is 0.0158 e. The molecule has 0 N–H and O–H groups in total. The molecule has 0 amide bonds. The van der Waals surface area contributed by atoms with Crippen LogP contribution in [0.3, 0.4) is 0 Å². The summed E-state index contributed by atoms with van der Waals surface area (Å²) in [7, 11) is 0. The van der Waals surface area contributed by atoms with Crippen molar-refractivity contribution >= 4 is 5.57 Å². The van der Waals surface area contributed by atoms with E-state index < -0.39 is 0 Å². The van der Waals surface area contributed by atoms with Crippen LogP contribution >= 0.6 is 0 Å². The van der Waals surface area contributed by atoms with Crippen LogP contribution in [0.4, 0.5) is 0 Å². The lowest BCUT2D eigenvalue weighted by atomic mass is 9.95. The van der Waals surface area contributed by atoms with Gasteiger partial charge in [-0.2, -0.15) is 0 Å². The minimum atomic E-state index is 1.13. The molecule has 1 rings (SSSR count). The van der Waals surface area contributed by atoms with Crippen LogP contribution in [0, 0.1) is 13.8 Å². The Bertz CT molecular complexity index is 381. The SMILES string of the molecule is C=C(/C(C)=C\C)c1ccc(C)cc1C. The molecule has 0 saturated carbocycles. The maximum atomic E-state index is 4.12. The second kappa shape index (κ2) is 4.28. The van der Waals surface area contributed by atoms with Gasteiger partial charge in [0.05, 0.1) is 0 Å². The summed E-state index contributed by atoms with van der Waals surface area (Å²) in [5, 5.41) is 0. The van der Waals surface area contributed by atoms with Gasteiger partial charge in [-0.3, -0.25) is 0 Å². The van der Waals surface area contributed by atoms with E-state index in [2.05, 4.69) is 51.6 Å². The second-order valence-electron chi connectivity index (χ2n) is 3.77. The van der Waals surface area contributed by atoms with Gasteiger partial charge in [-0.15, -0.1) is 0 Å². The van der Waals surface area contributed by atoms with E-state index in [1.165, 1.54) is 22.3 Å². The molecule has 0 unspecified atom stereocenters. The molecule has 0 atom stereocenters. The third kappa shape index (κ3) is 2.14. The van der Waals surface area contributed by atoms with Crippen LogP contribution in [0.15, 0.2) is 36.4 Å². The molecule has 14 heavy (non-hydrogen) atoms. The largest absolute Gasteiger partial charge is 0.0909 e. The molecule has 0 heteroatoms. The van der Waals surface area contributed by atoms with Crippen molar-refractivity contribution in [1.29, 1.82) is 0 Å². The molecule has 0 fully saturated rings. The maximum Gasteiger partial charge on any atom is -0.0158 e. The van der Waals surface area contributed by atoms with Gasteiger partial charge in [0, 0.05) is 0 Å². The molecular formula is C14H18. The first-order valence-electron chi connectivity index (χ1n) is 4.96. The number of benzene rings is 1. The molecule has 0 spiro atoms. The Morgan fingerprint density at radius 2 is 1.93 bits per heavy atom. The molecule has 0 saturated heterocycles. The van der Waals surface area contributed by atoms with E-state index in [-0.39, 0.29) is 0 Å². The van der Waals surface area contributed by atoms with Crippen molar-refractivity contribution in [2.75, 3.05) is 0 Å². The first-order chi connectivity index (χ1) is 6.56. The summed E-state index contributed by atoms with van der Waals surface area (Å²) in [5.74, 6) is 0. The van der Waals surface area contributed by atoms with Crippen molar-refractivity contribution in [2.24, 2.45) is 0 Å². The van der Waals surface area contributed by atoms with Crippen LogP contribution in [-0.2, 0) is 0 Å². The lowest BCUT2D eigenvalue weighted by Crippen LogP contribution is -1.89. The van der Waals surface area contributed by atoms with Crippen LogP contribution in [0.25, 0.3) is 5.57 Å². The first kappa shape index (κ1) is 10.8. The zero-order valence-electron chi connectivity index (χ0n) is 9.52. The standard InChI is InChI=1S/C14H18/c1-6-11(3)13(5)14-8-7-10(2)9-12(14)4/h6-9H,5H2,1-4H3/b11-6-. The maximum absolute atomic E-state index is 4.12. The highest BCUT2D eigenvalue weighted by Gasteiger charge is 2.03. The van der Waals surface area contributed by atoms with Gasteiger partial charge >= 0.3 is 0 Å². The van der Waals surface area contributed by atoms with Crippen molar-refractivity contribution in [3.63, 3.8) is 0 Å². The van der Waals surface area contributed by atoms with Gasteiger partial charge in [0.15, 0.2) is 0 Å². The summed E-state index contributed by atoms with van der Waals surface area (Å²) in [6, 6.07) is 6.49. The molecular weight excluding hydrogens is 168 g/mol. The fourth-order valence-corrected chi connectivity index (χ4v) is 1.54. The first-order valence-corrected chi connectivity index (χ1v) is 4.96. The topological polar surface area (TPSA) is 0 Å². The highest BCUT2D eigenvalue weighted by molar-refractivity contribution is 5.78. The predicted molar refractivity (Wildman–Crippen MR) is 64.4 cm³/mol. The van der Waals surface area contributed by atoms with Gasteiger partial charge in [0.1, 0.15) is 0 Å². The normalized spacial score (nSPS) is 11.6. The average molecular weight is 186 g/mol. The van der Waals surface area contributed by atoms with E-state index in [9.17, 15) is 0 Å². The molecule has 74 valence electrons. The predicted octanol–water partition coefficient (Wildman–Crippen LogP) is 4.28. The Kier molecular flexibility index (Phi) is 3.29. The summed E-state index contributed by atoms with van der Waals surface area (Å²) in [5.41, 5.74) is 6.24. The average Bonchev–Trinajstić information content (AvgIpc) is 2.15. The summed E-state index contributed by atoms with van der Waals surface area (Å²) >= 11 is 0. The summed E-state index contributed by atoms with van der Waals surface area (Å²) < 4.78 is 0. The van der Waals surface area contributed by atoms with Gasteiger partial charge in [-0.05, 0) is 50.0 Å². The van der Waals surface area contributed by atoms with Gasteiger partial charge in [0.25, 0.3) is 0 Å². The lowest BCUT2D eigenvalue weighted by Gasteiger charge is -2.10. The minimum absolute atomic E-state index is 1.13. The monoisotopic (exact) mass is 186 g/mol. The minimum Gasteiger partial charge on any atom is -0.0909 e. The van der Waals surface area contributed by atoms with E-state index in [4.69, 9.17) is 0 Å². The van der Waals surface area contributed by atoms with Crippen molar-refractivity contribution in [2.45, 2.75) is 27.7 Å². The lowest BCUT2D eigenvalue weighted by molar-refractivity contribution is 1.34. The van der Waals surface area contributed by atoms with Gasteiger partial charge in [-0.25, -0.2) is 0 Å². The number of hydrogen-bond donors (Lipinski definition) is 0. The van der Waals surface area contributed by atoms with Crippen molar-refractivity contribution in [1.82, 2.24) is 0 Å². The van der Waals surface area contributed by atoms with Crippen LogP contribution in [0.1, 0.15) is 30.5 Å². The molecule has 1 aromatic rings. The number of rotatable bonds is 2. The van der Waals surface area contributed by atoms with Gasteiger partial charge < -0.3 is 0 Å². The Morgan fingerprint density at radius 1 is 1.29 bits per heavy atom. The van der Waals surface area contributed by atoms with E-state index >= 15 is 0 Å². The second-order valence-corrected chi connectivity index (χ2v) is 3.77. The zero-order valence-corrected chi connectivity index (χ0v) is 9.52. The molecule has 0 nitrogen and oxygen atoms in total. The highest BCUT2D eigenvalue weighted by atomic mass is 14.1. The van der Waals surface area contributed by atoms with E-state index in [1.807, 2.05) is 6.92 Å². The van der Waals surface area contributed by atoms with E-state index in [0.29, 0.717) is 0 Å². The fraction of sp³-hybridized carbons (Fsp3) is 0.286. The number of hydrogen-bond acceptors (Lipinski definition) is 0. The summed E-state index contributed by atoms with van der Waals surface area (Å²) in [4.78, 5) is 0. The quantitative estimate of drug-likeness (QED) is 0.605. The zero-order chi connectivity index (χ0) is 10.7. The van der Waals surface area contributed by atoms with Crippen molar-refractivity contribution in [3.05, 3.63) is 53.1 Å². The number of aryl methyl sites for hydroxylation is 2. The van der Waals surface area contributed by atoms with Crippen molar-refractivity contribution in [3.8, 4) is 0 Å². The Labute approximate surface area is 87.0 Å². The number of allylic oxidation sites excluding steroid dienone is 3. The molecule has 0 aliphatic heterocycles. The van der Waals surface area contributed by atoms with Crippen LogP contribution in [0.2, 0.25) is 0 Å². The fourth-order valence-electron chi connectivity index (χ4n) is 1.54. The molecule has 0 radical (unpaired) electrons. The Morgan fingerprint density at radius 3 is 2.43 bits per heavy atom. The van der Waals surface area contributed by atoms with Gasteiger partial charge in [-0.1, -0.05) is 36.4 Å². The molecule has 0 bridgehead atoms. The van der Waals surface area contributed by atoms with E-state index in [0.717, 1.165) is 5.57 Å². The highest BCUT2D eigenvalue weighted by Crippen LogP contribution is 2.24. The Hall–Kier alpha value is -1.30. The molecule has 0 aliphatic rings. The van der Waals surface area contributed by atoms with Gasteiger partial charge in [0.2, 0.25) is 0 Å². The molecule has 0 aromatic heterocycles. The third-order valence-corrected chi connectivity index (χ3v) is 2.62. The van der Waals surface area contributed by atoms with E-state index in [1.54, 1.807) is 0 Å². The van der Waals surface area contributed by atoms with Crippen LogP contribution < -0.4 is 0 Å². The summed E-state index contributed by atoms with van der Waals surface area (Å²) in [6.45, 7) is 12.5. The third-order valence-electron chi connectivity index (χ3n) is 2.62. The molecule has 0 aliphatic carbocycles. The van der Waals surface area contributed by atoms with Crippen molar-refractivity contribution < 1.29 is 0 Å². The molecule has 1 aromatic carbocycles.